The minimum Gasteiger partial charge on any atom is -0.338 e. The van der Waals surface area contributed by atoms with Crippen LogP contribution in [0.25, 0.3) is 11.4 Å². The standard InChI is InChI=1S/C17H19FN4O3S/c1-10-4-5-11(8-12(10)18)14-19-13(25-21-14)9-26-7-6-22-15(23)17(2,3)20-16(22)24/h4-5,8H,6-7,9H2,1-3H3,(H,20,24). The molecule has 1 aliphatic heterocycles. The number of hydrogen-bond acceptors (Lipinski definition) is 6. The Bertz CT molecular complexity index is 852. The van der Waals surface area contributed by atoms with Crippen LogP contribution in [0.15, 0.2) is 22.7 Å². The van der Waals surface area contributed by atoms with Gasteiger partial charge in [-0.1, -0.05) is 17.3 Å². The third-order valence-corrected chi connectivity index (χ3v) is 4.95. The summed E-state index contributed by atoms with van der Waals surface area (Å²) in [4.78, 5) is 29.3. The second kappa shape index (κ2) is 7.06. The Morgan fingerprint density at radius 1 is 1.35 bits per heavy atom. The molecular weight excluding hydrogens is 359 g/mol. The molecule has 9 heteroatoms. The number of carbonyl (C=O) groups is 2. The predicted molar refractivity (Wildman–Crippen MR) is 94.9 cm³/mol. The number of rotatable bonds is 6. The Kier molecular flexibility index (Phi) is 4.99. The third-order valence-electron chi connectivity index (χ3n) is 4.03. The first-order chi connectivity index (χ1) is 12.3. The van der Waals surface area contributed by atoms with Crippen LogP contribution in [0.4, 0.5) is 9.18 Å². The fourth-order valence-corrected chi connectivity index (χ4v) is 3.25. The van der Waals surface area contributed by atoms with Crippen molar-refractivity contribution in [3.05, 3.63) is 35.5 Å². The highest BCUT2D eigenvalue weighted by molar-refractivity contribution is 7.98. The summed E-state index contributed by atoms with van der Waals surface area (Å²) in [7, 11) is 0. The molecule has 26 heavy (non-hydrogen) atoms. The van der Waals surface area contributed by atoms with E-state index in [1.807, 2.05) is 0 Å². The molecule has 7 nitrogen and oxygen atoms in total. The summed E-state index contributed by atoms with van der Waals surface area (Å²) in [5, 5.41) is 6.50. The highest BCUT2D eigenvalue weighted by Crippen LogP contribution is 2.21. The number of aromatic nitrogens is 2. The van der Waals surface area contributed by atoms with Gasteiger partial charge in [0.1, 0.15) is 11.4 Å². The largest absolute Gasteiger partial charge is 0.338 e. The molecular formula is C17H19FN4O3S. The van der Waals surface area contributed by atoms with E-state index in [4.69, 9.17) is 4.52 Å². The van der Waals surface area contributed by atoms with Gasteiger partial charge in [-0.2, -0.15) is 16.7 Å². The van der Waals surface area contributed by atoms with Crippen LogP contribution in [0.2, 0.25) is 0 Å². The molecule has 0 atom stereocenters. The van der Waals surface area contributed by atoms with Gasteiger partial charge in [0, 0.05) is 17.9 Å². The molecule has 1 N–H and O–H groups in total. The van der Waals surface area contributed by atoms with E-state index in [9.17, 15) is 14.0 Å². The summed E-state index contributed by atoms with van der Waals surface area (Å²) in [6.45, 7) is 5.34. The molecule has 2 aromatic rings. The maximum atomic E-state index is 13.6. The first-order valence-electron chi connectivity index (χ1n) is 8.09. The fraction of sp³-hybridized carbons (Fsp3) is 0.412. The molecule has 0 spiro atoms. The van der Waals surface area contributed by atoms with Crippen molar-refractivity contribution in [1.29, 1.82) is 0 Å². The van der Waals surface area contributed by atoms with E-state index in [1.165, 1.54) is 22.7 Å². The number of benzene rings is 1. The SMILES string of the molecule is Cc1ccc(-c2noc(CSCCN3C(=O)NC(C)(C)C3=O)n2)cc1F. The number of halogens is 1. The van der Waals surface area contributed by atoms with Crippen molar-refractivity contribution in [3.63, 3.8) is 0 Å². The summed E-state index contributed by atoms with van der Waals surface area (Å²) in [5.74, 6) is 1.17. The predicted octanol–water partition coefficient (Wildman–Crippen LogP) is 2.75. The zero-order valence-electron chi connectivity index (χ0n) is 14.7. The molecule has 0 unspecified atom stereocenters. The van der Waals surface area contributed by atoms with Gasteiger partial charge in [0.25, 0.3) is 5.91 Å². The Balaban J connectivity index is 1.52. The highest BCUT2D eigenvalue weighted by Gasteiger charge is 2.43. The lowest BCUT2D eigenvalue weighted by Gasteiger charge is -2.15. The zero-order valence-corrected chi connectivity index (χ0v) is 15.5. The van der Waals surface area contributed by atoms with Crippen molar-refractivity contribution in [3.8, 4) is 11.4 Å². The number of hydrogen-bond donors (Lipinski definition) is 1. The molecule has 1 aliphatic rings. The van der Waals surface area contributed by atoms with Crippen LogP contribution >= 0.6 is 11.8 Å². The molecule has 1 aromatic carbocycles. The molecule has 0 bridgehead atoms. The van der Waals surface area contributed by atoms with Crippen molar-refractivity contribution in [2.24, 2.45) is 0 Å². The number of thioether (sulfide) groups is 1. The number of imide groups is 1. The minimum atomic E-state index is -0.855. The topological polar surface area (TPSA) is 88.3 Å². The first kappa shape index (κ1) is 18.4. The molecule has 1 aromatic heterocycles. The van der Waals surface area contributed by atoms with Crippen LogP contribution in [0.5, 0.6) is 0 Å². The van der Waals surface area contributed by atoms with Gasteiger partial charge in [0.2, 0.25) is 11.7 Å². The van der Waals surface area contributed by atoms with Crippen molar-refractivity contribution in [2.75, 3.05) is 12.3 Å². The van der Waals surface area contributed by atoms with Crippen LogP contribution < -0.4 is 5.32 Å². The number of aryl methyl sites for hydroxylation is 1. The average molecular weight is 378 g/mol. The Hall–Kier alpha value is -2.42. The number of carbonyl (C=O) groups excluding carboxylic acids is 2. The second-order valence-electron chi connectivity index (χ2n) is 6.54. The number of amides is 3. The van der Waals surface area contributed by atoms with Crippen molar-refractivity contribution in [2.45, 2.75) is 32.1 Å². The van der Waals surface area contributed by atoms with E-state index in [1.54, 1.807) is 32.9 Å². The van der Waals surface area contributed by atoms with Crippen molar-refractivity contribution < 1.29 is 18.5 Å². The molecule has 2 heterocycles. The van der Waals surface area contributed by atoms with E-state index in [0.29, 0.717) is 40.9 Å². The third kappa shape index (κ3) is 3.72. The molecule has 0 aliphatic carbocycles. The van der Waals surface area contributed by atoms with Gasteiger partial charge in [-0.15, -0.1) is 0 Å². The lowest BCUT2D eigenvalue weighted by molar-refractivity contribution is -0.130. The summed E-state index contributed by atoms with van der Waals surface area (Å²) in [5.41, 5.74) is 0.248. The van der Waals surface area contributed by atoms with E-state index < -0.39 is 5.54 Å². The normalized spacial score (nSPS) is 16.2. The molecule has 3 rings (SSSR count). The Labute approximate surface area is 154 Å². The number of urea groups is 1. The van der Waals surface area contributed by atoms with E-state index in [0.717, 1.165) is 0 Å². The van der Waals surface area contributed by atoms with Crippen molar-refractivity contribution >= 4 is 23.7 Å². The summed E-state index contributed by atoms with van der Waals surface area (Å²) in [6, 6.07) is 4.40. The van der Waals surface area contributed by atoms with Crippen LogP contribution in [-0.2, 0) is 10.5 Å². The lowest BCUT2D eigenvalue weighted by atomic mass is 10.1. The average Bonchev–Trinajstić information content (AvgIpc) is 3.11. The van der Waals surface area contributed by atoms with E-state index in [-0.39, 0.29) is 17.8 Å². The van der Waals surface area contributed by atoms with Gasteiger partial charge in [0.15, 0.2) is 0 Å². The van der Waals surface area contributed by atoms with Gasteiger partial charge in [0.05, 0.1) is 5.75 Å². The second-order valence-corrected chi connectivity index (χ2v) is 7.65. The van der Waals surface area contributed by atoms with Crippen molar-refractivity contribution in [1.82, 2.24) is 20.4 Å². The quantitative estimate of drug-likeness (QED) is 0.614. The van der Waals surface area contributed by atoms with Gasteiger partial charge in [-0.25, -0.2) is 9.18 Å². The zero-order chi connectivity index (χ0) is 18.9. The number of nitrogens with one attached hydrogen (secondary N) is 1. The van der Waals surface area contributed by atoms with E-state index >= 15 is 0 Å². The molecule has 3 amide bonds. The van der Waals surface area contributed by atoms with Gasteiger partial charge < -0.3 is 9.84 Å². The van der Waals surface area contributed by atoms with E-state index in [2.05, 4.69) is 15.5 Å². The van der Waals surface area contributed by atoms with Gasteiger partial charge >= 0.3 is 6.03 Å². The Morgan fingerprint density at radius 2 is 2.12 bits per heavy atom. The summed E-state index contributed by atoms with van der Waals surface area (Å²) < 4.78 is 18.8. The number of nitrogens with zero attached hydrogens (tertiary/aromatic N) is 3. The first-order valence-corrected chi connectivity index (χ1v) is 9.24. The molecule has 0 radical (unpaired) electrons. The van der Waals surface area contributed by atoms with Crippen LogP contribution in [0, 0.1) is 12.7 Å². The van der Waals surface area contributed by atoms with Crippen LogP contribution in [0.1, 0.15) is 25.3 Å². The smallest absolute Gasteiger partial charge is 0.325 e. The van der Waals surface area contributed by atoms with Gasteiger partial charge in [-0.3, -0.25) is 9.69 Å². The molecule has 0 saturated carbocycles. The fourth-order valence-electron chi connectivity index (χ4n) is 2.50. The van der Waals surface area contributed by atoms with Crippen LogP contribution in [0.3, 0.4) is 0 Å². The summed E-state index contributed by atoms with van der Waals surface area (Å²) in [6.07, 6.45) is 0. The maximum Gasteiger partial charge on any atom is 0.325 e. The highest BCUT2D eigenvalue weighted by atomic mass is 32.2. The molecule has 1 saturated heterocycles. The molecule has 1 fully saturated rings. The molecule has 138 valence electrons. The maximum absolute atomic E-state index is 13.6. The van der Waals surface area contributed by atoms with Gasteiger partial charge in [-0.05, 0) is 32.4 Å². The van der Waals surface area contributed by atoms with Crippen LogP contribution in [-0.4, -0.2) is 44.8 Å². The monoisotopic (exact) mass is 378 g/mol. The summed E-state index contributed by atoms with van der Waals surface area (Å²) >= 11 is 1.47. The minimum absolute atomic E-state index is 0.232. The lowest BCUT2D eigenvalue weighted by Crippen LogP contribution is -2.40. The Morgan fingerprint density at radius 3 is 2.77 bits per heavy atom.